The molecule has 2 fully saturated rings. The van der Waals surface area contributed by atoms with Crippen LogP contribution in [0, 0.1) is 35.5 Å². The number of nitriles is 1. The molecule has 84 valence electrons. The van der Waals surface area contributed by atoms with E-state index in [1.807, 2.05) is 13.1 Å². The van der Waals surface area contributed by atoms with Crippen LogP contribution in [0.5, 0.6) is 0 Å². The van der Waals surface area contributed by atoms with E-state index in [1.165, 1.54) is 24.1 Å². The highest BCUT2D eigenvalue weighted by atomic mass is 32.1. The fourth-order valence-corrected chi connectivity index (χ4v) is 4.55. The van der Waals surface area contributed by atoms with Crippen molar-refractivity contribution in [3.05, 3.63) is 16.1 Å². The lowest BCUT2D eigenvalue weighted by atomic mass is 9.72. The zero-order valence-electron chi connectivity index (χ0n) is 9.57. The Morgan fingerprint density at radius 2 is 2.50 bits per heavy atom. The predicted octanol–water partition coefficient (Wildman–Crippen LogP) is 3.32. The second kappa shape index (κ2) is 3.56. The standard InChI is InChI=1S/C13H16N2S/c1-9-15-7-12(16-9)6-13(8-14)5-10-2-3-11(13)4-10/h7,10-11H,2-6H2,1H3. The summed E-state index contributed by atoms with van der Waals surface area (Å²) in [6, 6.07) is 2.65. The lowest BCUT2D eigenvalue weighted by Gasteiger charge is -2.30. The number of rotatable bonds is 2. The Balaban J connectivity index is 1.85. The highest BCUT2D eigenvalue weighted by Gasteiger charge is 2.51. The summed E-state index contributed by atoms with van der Waals surface area (Å²) >= 11 is 1.75. The summed E-state index contributed by atoms with van der Waals surface area (Å²) in [5.41, 5.74) is -0.0537. The molecule has 2 aliphatic carbocycles. The molecule has 0 aliphatic heterocycles. The molecule has 3 rings (SSSR count). The van der Waals surface area contributed by atoms with E-state index in [2.05, 4.69) is 11.1 Å². The first-order valence-electron chi connectivity index (χ1n) is 6.04. The molecule has 2 saturated carbocycles. The Hall–Kier alpha value is -0.880. The maximum absolute atomic E-state index is 9.54. The molecule has 1 aromatic heterocycles. The molecule has 2 nitrogen and oxygen atoms in total. The fourth-order valence-electron chi connectivity index (χ4n) is 3.63. The van der Waals surface area contributed by atoms with Crippen LogP contribution in [0.4, 0.5) is 0 Å². The third kappa shape index (κ3) is 1.48. The van der Waals surface area contributed by atoms with Gasteiger partial charge in [-0.3, -0.25) is 0 Å². The Kier molecular flexibility index (Phi) is 2.29. The molecule has 3 heteroatoms. The molecule has 0 amide bonds. The number of hydrogen-bond acceptors (Lipinski definition) is 3. The highest BCUT2D eigenvalue weighted by Crippen LogP contribution is 2.57. The van der Waals surface area contributed by atoms with E-state index in [9.17, 15) is 5.26 Å². The van der Waals surface area contributed by atoms with Gasteiger partial charge in [-0.15, -0.1) is 11.3 Å². The number of hydrogen-bond donors (Lipinski definition) is 0. The maximum atomic E-state index is 9.54. The van der Waals surface area contributed by atoms with Gasteiger partial charge in [0, 0.05) is 17.5 Å². The van der Waals surface area contributed by atoms with Gasteiger partial charge in [-0.1, -0.05) is 6.42 Å². The van der Waals surface area contributed by atoms with Gasteiger partial charge in [-0.25, -0.2) is 4.98 Å². The molecule has 3 atom stereocenters. The van der Waals surface area contributed by atoms with Crippen LogP contribution < -0.4 is 0 Å². The van der Waals surface area contributed by atoms with Crippen LogP contribution in [0.1, 0.15) is 35.6 Å². The minimum absolute atomic E-state index is 0.0537. The second-order valence-corrected chi connectivity index (χ2v) is 6.69. The van der Waals surface area contributed by atoms with Gasteiger partial charge >= 0.3 is 0 Å². The van der Waals surface area contributed by atoms with E-state index in [4.69, 9.17) is 0 Å². The van der Waals surface area contributed by atoms with Gasteiger partial charge in [0.25, 0.3) is 0 Å². The largest absolute Gasteiger partial charge is 0.250 e. The summed E-state index contributed by atoms with van der Waals surface area (Å²) in [6.45, 7) is 2.04. The van der Waals surface area contributed by atoms with E-state index in [1.54, 1.807) is 11.3 Å². The van der Waals surface area contributed by atoms with Crippen LogP contribution in [-0.2, 0) is 6.42 Å². The van der Waals surface area contributed by atoms with Gasteiger partial charge < -0.3 is 0 Å². The monoisotopic (exact) mass is 232 g/mol. The molecule has 16 heavy (non-hydrogen) atoms. The zero-order valence-corrected chi connectivity index (χ0v) is 10.4. The van der Waals surface area contributed by atoms with Gasteiger partial charge in [0.15, 0.2) is 0 Å². The average Bonchev–Trinajstić information content (AvgIpc) is 2.94. The lowest BCUT2D eigenvalue weighted by Crippen LogP contribution is -2.28. The topological polar surface area (TPSA) is 36.7 Å². The molecule has 1 aromatic rings. The Labute approximate surface area is 100 Å². The van der Waals surface area contributed by atoms with Gasteiger partial charge in [0.2, 0.25) is 0 Å². The molecule has 2 bridgehead atoms. The number of aromatic nitrogens is 1. The van der Waals surface area contributed by atoms with Crippen molar-refractivity contribution in [3.8, 4) is 6.07 Å². The summed E-state index contributed by atoms with van der Waals surface area (Å²) < 4.78 is 0. The highest BCUT2D eigenvalue weighted by molar-refractivity contribution is 7.11. The number of aryl methyl sites for hydroxylation is 1. The molecular formula is C13H16N2S. The van der Waals surface area contributed by atoms with E-state index >= 15 is 0 Å². The first-order valence-corrected chi connectivity index (χ1v) is 6.86. The van der Waals surface area contributed by atoms with Crippen molar-refractivity contribution >= 4 is 11.3 Å². The summed E-state index contributed by atoms with van der Waals surface area (Å²) in [5.74, 6) is 1.49. The summed E-state index contributed by atoms with van der Waals surface area (Å²) in [6.07, 6.45) is 7.96. The molecule has 0 spiro atoms. The molecule has 0 aromatic carbocycles. The molecular weight excluding hydrogens is 216 g/mol. The fraction of sp³-hybridized carbons (Fsp3) is 0.692. The SMILES string of the molecule is Cc1ncc(CC2(C#N)CC3CCC2C3)s1. The van der Waals surface area contributed by atoms with Crippen molar-refractivity contribution in [2.24, 2.45) is 17.3 Å². The number of fused-ring (bicyclic) bond motifs is 2. The van der Waals surface area contributed by atoms with Crippen LogP contribution in [0.2, 0.25) is 0 Å². The van der Waals surface area contributed by atoms with Gasteiger partial charge in [0.05, 0.1) is 16.5 Å². The molecule has 3 unspecified atom stereocenters. The van der Waals surface area contributed by atoms with Crippen molar-refractivity contribution in [2.75, 3.05) is 0 Å². The Bertz CT molecular complexity index is 445. The Morgan fingerprint density at radius 3 is 3.00 bits per heavy atom. The molecule has 2 aliphatic rings. The first-order chi connectivity index (χ1) is 7.72. The number of nitrogens with zero attached hydrogens (tertiary/aromatic N) is 2. The van der Waals surface area contributed by atoms with Crippen molar-refractivity contribution in [2.45, 2.75) is 39.0 Å². The van der Waals surface area contributed by atoms with Crippen LogP contribution in [0.25, 0.3) is 0 Å². The second-order valence-electron chi connectivity index (χ2n) is 5.37. The van der Waals surface area contributed by atoms with Crippen molar-refractivity contribution in [1.82, 2.24) is 4.98 Å². The predicted molar refractivity (Wildman–Crippen MR) is 64.0 cm³/mol. The maximum Gasteiger partial charge on any atom is 0.0896 e. The molecule has 0 radical (unpaired) electrons. The minimum atomic E-state index is -0.0537. The summed E-state index contributed by atoms with van der Waals surface area (Å²) in [7, 11) is 0. The minimum Gasteiger partial charge on any atom is -0.250 e. The van der Waals surface area contributed by atoms with E-state index in [0.717, 1.165) is 23.8 Å². The van der Waals surface area contributed by atoms with Crippen LogP contribution in [-0.4, -0.2) is 4.98 Å². The zero-order chi connectivity index (χ0) is 11.2. The van der Waals surface area contributed by atoms with E-state index in [0.29, 0.717) is 5.92 Å². The van der Waals surface area contributed by atoms with Crippen molar-refractivity contribution < 1.29 is 0 Å². The van der Waals surface area contributed by atoms with Gasteiger partial charge in [0.1, 0.15) is 0 Å². The normalized spacial score (nSPS) is 36.5. The van der Waals surface area contributed by atoms with E-state index in [-0.39, 0.29) is 5.41 Å². The quantitative estimate of drug-likeness (QED) is 0.784. The first kappa shape index (κ1) is 10.3. The van der Waals surface area contributed by atoms with Crippen molar-refractivity contribution in [1.29, 1.82) is 5.26 Å². The smallest absolute Gasteiger partial charge is 0.0896 e. The van der Waals surface area contributed by atoms with Gasteiger partial charge in [-0.2, -0.15) is 5.26 Å². The van der Waals surface area contributed by atoms with Crippen LogP contribution in [0.15, 0.2) is 6.20 Å². The molecule has 1 heterocycles. The van der Waals surface area contributed by atoms with Gasteiger partial charge in [-0.05, 0) is 38.0 Å². The average molecular weight is 232 g/mol. The number of thiazole rings is 1. The van der Waals surface area contributed by atoms with Crippen LogP contribution >= 0.6 is 11.3 Å². The molecule has 0 saturated heterocycles. The Morgan fingerprint density at radius 1 is 1.62 bits per heavy atom. The van der Waals surface area contributed by atoms with Crippen molar-refractivity contribution in [3.63, 3.8) is 0 Å². The van der Waals surface area contributed by atoms with E-state index < -0.39 is 0 Å². The summed E-state index contributed by atoms with van der Waals surface area (Å²) in [4.78, 5) is 5.59. The summed E-state index contributed by atoms with van der Waals surface area (Å²) in [5, 5.41) is 10.7. The third-order valence-electron chi connectivity index (χ3n) is 4.36. The van der Waals surface area contributed by atoms with Crippen LogP contribution in [0.3, 0.4) is 0 Å². The third-order valence-corrected chi connectivity index (χ3v) is 5.27. The molecule has 0 N–H and O–H groups in total. The lowest BCUT2D eigenvalue weighted by molar-refractivity contribution is 0.240.